The second kappa shape index (κ2) is 10.4. The van der Waals surface area contributed by atoms with Crippen LogP contribution in [0, 0.1) is 11.8 Å². The summed E-state index contributed by atoms with van der Waals surface area (Å²) in [6.07, 6.45) is -3.08. The van der Waals surface area contributed by atoms with Gasteiger partial charge in [-0.05, 0) is 25.1 Å². The van der Waals surface area contributed by atoms with Gasteiger partial charge >= 0.3 is 6.03 Å². The minimum absolute atomic E-state index is 0.0321. The number of carbonyl (C=O) groups excluding carboxylic acids is 2. The number of alkyl halides is 2. The molecule has 0 aliphatic carbocycles. The molecule has 1 N–H and O–H groups in total. The summed E-state index contributed by atoms with van der Waals surface area (Å²) >= 11 is 11.8. The van der Waals surface area contributed by atoms with Crippen molar-refractivity contribution in [2.45, 2.75) is 19.4 Å². The highest BCUT2D eigenvalue weighted by Gasteiger charge is 2.27. The maximum absolute atomic E-state index is 13.4. The molecule has 1 unspecified atom stereocenters. The number of allylic oxidation sites excluding steroid dienone is 1. The molecule has 1 aromatic carbocycles. The van der Waals surface area contributed by atoms with E-state index in [2.05, 4.69) is 17.2 Å². The van der Waals surface area contributed by atoms with E-state index in [-0.39, 0.29) is 32.3 Å². The molecular weight excluding hydrogens is 430 g/mol. The van der Waals surface area contributed by atoms with Gasteiger partial charge in [-0.25, -0.2) is 18.0 Å². The molecule has 5 nitrogen and oxygen atoms in total. The Labute approximate surface area is 176 Å². The summed E-state index contributed by atoms with van der Waals surface area (Å²) in [6.45, 7) is 2.08. The number of halogens is 5. The van der Waals surface area contributed by atoms with Crippen molar-refractivity contribution in [1.82, 2.24) is 15.1 Å². The normalized spacial score (nSPS) is 15.6. The smallest absolute Gasteiger partial charge is 0.318 e. The number of rotatable bonds is 3. The summed E-state index contributed by atoms with van der Waals surface area (Å²) in [5.74, 6) is 3.15. The first kappa shape index (κ1) is 22.9. The third kappa shape index (κ3) is 6.87. The van der Waals surface area contributed by atoms with Gasteiger partial charge in [-0.1, -0.05) is 35.0 Å². The molecule has 0 radical (unpaired) electrons. The second-order valence-electron chi connectivity index (χ2n) is 6.20. The van der Waals surface area contributed by atoms with Crippen LogP contribution in [0.5, 0.6) is 0 Å². The fourth-order valence-electron chi connectivity index (χ4n) is 2.52. The SMILES string of the molecule is CC(C#Cc1ccc(Cl)c(Cl)c1)NC(=O)N1CCN(C(=O)C(F)=CC(F)F)CC1. The zero-order valence-corrected chi connectivity index (χ0v) is 16.9. The van der Waals surface area contributed by atoms with E-state index in [1.54, 1.807) is 25.1 Å². The van der Waals surface area contributed by atoms with Crippen molar-refractivity contribution in [2.75, 3.05) is 26.2 Å². The van der Waals surface area contributed by atoms with Crippen molar-refractivity contribution in [1.29, 1.82) is 0 Å². The largest absolute Gasteiger partial charge is 0.333 e. The van der Waals surface area contributed by atoms with Crippen molar-refractivity contribution < 1.29 is 22.8 Å². The van der Waals surface area contributed by atoms with E-state index in [9.17, 15) is 22.8 Å². The molecule has 1 aromatic rings. The van der Waals surface area contributed by atoms with Crippen molar-refractivity contribution in [3.63, 3.8) is 0 Å². The van der Waals surface area contributed by atoms with Gasteiger partial charge in [0.2, 0.25) is 0 Å². The first-order valence-corrected chi connectivity index (χ1v) is 9.39. The lowest BCUT2D eigenvalue weighted by atomic mass is 10.2. The molecule has 1 heterocycles. The van der Waals surface area contributed by atoms with Gasteiger partial charge < -0.3 is 15.1 Å². The standard InChI is InChI=1S/C19H18Cl2F3N3O2/c1-12(2-3-13-4-5-14(20)15(21)10-13)25-19(29)27-8-6-26(7-9-27)18(28)16(22)11-17(23)24/h4-5,10-12,17H,6-9H2,1H3,(H,25,29). The number of carbonyl (C=O) groups is 2. The third-order valence-corrected chi connectivity index (χ3v) is 4.76. The molecule has 10 heteroatoms. The monoisotopic (exact) mass is 447 g/mol. The molecule has 1 aliphatic rings. The fraction of sp³-hybridized carbons (Fsp3) is 0.368. The van der Waals surface area contributed by atoms with Crippen LogP contribution in [-0.2, 0) is 4.79 Å². The van der Waals surface area contributed by atoms with Gasteiger partial charge in [-0.3, -0.25) is 4.79 Å². The number of amides is 3. The summed E-state index contributed by atoms with van der Waals surface area (Å²) < 4.78 is 37.7. The van der Waals surface area contributed by atoms with E-state index in [1.807, 2.05) is 0 Å². The summed E-state index contributed by atoms with van der Waals surface area (Å²) in [7, 11) is 0. The van der Waals surface area contributed by atoms with Gasteiger partial charge in [0.05, 0.1) is 16.1 Å². The first-order chi connectivity index (χ1) is 13.7. The van der Waals surface area contributed by atoms with E-state index in [1.165, 1.54) is 4.90 Å². The van der Waals surface area contributed by atoms with Crippen LogP contribution in [0.15, 0.2) is 30.1 Å². The van der Waals surface area contributed by atoms with Crippen LogP contribution in [0.25, 0.3) is 0 Å². The van der Waals surface area contributed by atoms with Gasteiger partial charge in [-0.15, -0.1) is 0 Å². The van der Waals surface area contributed by atoms with E-state index in [4.69, 9.17) is 23.2 Å². The molecule has 1 aliphatic heterocycles. The maximum Gasteiger partial charge on any atom is 0.318 e. The Balaban J connectivity index is 1.86. The predicted octanol–water partition coefficient (Wildman–Crippen LogP) is 3.71. The molecule has 0 spiro atoms. The van der Waals surface area contributed by atoms with E-state index in [0.29, 0.717) is 15.6 Å². The minimum atomic E-state index is -3.04. The molecule has 156 valence electrons. The summed E-state index contributed by atoms with van der Waals surface area (Å²) in [5.41, 5.74) is 0.645. The Morgan fingerprint density at radius 1 is 1.14 bits per heavy atom. The van der Waals surface area contributed by atoms with E-state index >= 15 is 0 Å². The summed E-state index contributed by atoms with van der Waals surface area (Å²) in [5, 5.41) is 3.50. The van der Waals surface area contributed by atoms with Crippen molar-refractivity contribution in [2.24, 2.45) is 0 Å². The van der Waals surface area contributed by atoms with Crippen LogP contribution in [0.4, 0.5) is 18.0 Å². The van der Waals surface area contributed by atoms with Crippen LogP contribution in [0.2, 0.25) is 10.0 Å². The molecule has 1 fully saturated rings. The molecule has 2 rings (SSSR count). The van der Waals surface area contributed by atoms with Crippen LogP contribution < -0.4 is 5.32 Å². The van der Waals surface area contributed by atoms with Gasteiger partial charge in [0.25, 0.3) is 12.3 Å². The van der Waals surface area contributed by atoms with Crippen LogP contribution in [0.1, 0.15) is 12.5 Å². The summed E-state index contributed by atoms with van der Waals surface area (Å²) in [4.78, 5) is 26.6. The molecule has 0 bridgehead atoms. The first-order valence-electron chi connectivity index (χ1n) is 8.64. The lowest BCUT2D eigenvalue weighted by Gasteiger charge is -2.34. The lowest BCUT2D eigenvalue weighted by molar-refractivity contribution is -0.130. The molecular formula is C19H18Cl2F3N3O2. The molecule has 1 saturated heterocycles. The highest BCUT2D eigenvalue weighted by Crippen LogP contribution is 2.22. The Kier molecular flexibility index (Phi) is 8.23. The molecule has 3 amide bonds. The highest BCUT2D eigenvalue weighted by molar-refractivity contribution is 6.42. The van der Waals surface area contributed by atoms with Crippen molar-refractivity contribution in [3.8, 4) is 11.8 Å². The maximum atomic E-state index is 13.4. The average molecular weight is 448 g/mol. The van der Waals surface area contributed by atoms with Crippen molar-refractivity contribution >= 4 is 35.1 Å². The second-order valence-corrected chi connectivity index (χ2v) is 7.01. The number of urea groups is 1. The Morgan fingerprint density at radius 2 is 1.76 bits per heavy atom. The molecule has 29 heavy (non-hydrogen) atoms. The Morgan fingerprint density at radius 3 is 2.34 bits per heavy atom. The topological polar surface area (TPSA) is 52.7 Å². The number of benzene rings is 1. The van der Waals surface area contributed by atoms with E-state index in [0.717, 1.165) is 4.90 Å². The van der Waals surface area contributed by atoms with Gasteiger partial charge in [0, 0.05) is 37.8 Å². The number of hydrogen-bond acceptors (Lipinski definition) is 2. The molecule has 1 atom stereocenters. The highest BCUT2D eigenvalue weighted by atomic mass is 35.5. The lowest BCUT2D eigenvalue weighted by Crippen LogP contribution is -2.54. The third-order valence-electron chi connectivity index (χ3n) is 4.02. The van der Waals surface area contributed by atoms with E-state index < -0.39 is 30.2 Å². The van der Waals surface area contributed by atoms with Crippen LogP contribution in [-0.4, -0.2) is 60.4 Å². The van der Waals surface area contributed by atoms with Crippen LogP contribution in [0.3, 0.4) is 0 Å². The zero-order valence-electron chi connectivity index (χ0n) is 15.4. The number of nitrogens with zero attached hydrogens (tertiary/aromatic N) is 2. The zero-order chi connectivity index (χ0) is 21.6. The molecule has 0 saturated carbocycles. The predicted molar refractivity (Wildman–Crippen MR) is 105 cm³/mol. The average Bonchev–Trinajstić information content (AvgIpc) is 2.67. The quantitative estimate of drug-likeness (QED) is 0.567. The van der Waals surface area contributed by atoms with Gasteiger partial charge in [0.15, 0.2) is 5.83 Å². The summed E-state index contributed by atoms with van der Waals surface area (Å²) in [6, 6.07) is 4.08. The minimum Gasteiger partial charge on any atom is -0.333 e. The Bertz CT molecular complexity index is 860. The number of nitrogens with one attached hydrogen (secondary N) is 1. The van der Waals surface area contributed by atoms with Crippen molar-refractivity contribution in [3.05, 3.63) is 45.7 Å². The fourth-order valence-corrected chi connectivity index (χ4v) is 2.82. The van der Waals surface area contributed by atoms with Gasteiger partial charge in [0.1, 0.15) is 0 Å². The van der Waals surface area contributed by atoms with Gasteiger partial charge in [-0.2, -0.15) is 0 Å². The number of hydrogen-bond donors (Lipinski definition) is 1. The molecule has 0 aromatic heterocycles. The Hall–Kier alpha value is -2.37. The van der Waals surface area contributed by atoms with Crippen LogP contribution >= 0.6 is 23.2 Å². The number of piperazine rings is 1.